The molecule has 0 radical (unpaired) electrons. The summed E-state index contributed by atoms with van der Waals surface area (Å²) in [6.45, 7) is 15.8. The van der Waals surface area contributed by atoms with Crippen LogP contribution in [0.15, 0.2) is 23.3 Å². The fraction of sp³-hybridized carbons (Fsp3) is 0.800. The van der Waals surface area contributed by atoms with Crippen LogP contribution in [0.3, 0.4) is 0 Å². The molecule has 5 aliphatic rings. The fourth-order valence-electron chi connectivity index (χ4n) is 9.84. The number of carbonyl (C=O) groups excluding carboxylic acids is 2. The highest BCUT2D eigenvalue weighted by atomic mass is 16.7. The van der Waals surface area contributed by atoms with Gasteiger partial charge in [-0.1, -0.05) is 53.2 Å². The van der Waals surface area contributed by atoms with E-state index in [2.05, 4.69) is 47.6 Å². The molecule has 5 rings (SSSR count). The number of hydrogen-bond acceptors (Lipinski definition) is 4. The van der Waals surface area contributed by atoms with E-state index in [-0.39, 0.29) is 27.6 Å². The Hall–Kier alpha value is -1.42. The molecule has 1 unspecified atom stereocenters. The summed E-state index contributed by atoms with van der Waals surface area (Å²) in [5.74, 6) is 0.313. The minimum atomic E-state index is -1.46. The van der Waals surface area contributed by atoms with E-state index in [0.717, 1.165) is 25.7 Å². The van der Waals surface area contributed by atoms with Gasteiger partial charge in [0, 0.05) is 23.8 Å². The Kier molecular flexibility index (Phi) is 5.22. The van der Waals surface area contributed by atoms with E-state index >= 15 is 0 Å². The zero-order valence-electron chi connectivity index (χ0n) is 22.3. The van der Waals surface area contributed by atoms with E-state index < -0.39 is 11.8 Å². The molecule has 0 aromatic heterocycles. The van der Waals surface area contributed by atoms with Gasteiger partial charge < -0.3 is 9.84 Å². The second-order valence-electron chi connectivity index (χ2n) is 13.8. The number of ketones is 1. The van der Waals surface area contributed by atoms with Crippen molar-refractivity contribution >= 4 is 11.8 Å². The summed E-state index contributed by atoms with van der Waals surface area (Å²) >= 11 is 0. The van der Waals surface area contributed by atoms with Crippen molar-refractivity contribution in [1.82, 2.24) is 0 Å². The summed E-state index contributed by atoms with van der Waals surface area (Å²) < 4.78 is 5.36. The van der Waals surface area contributed by atoms with Gasteiger partial charge in [-0.25, -0.2) is 4.79 Å². The third-order valence-corrected chi connectivity index (χ3v) is 12.0. The van der Waals surface area contributed by atoms with Crippen LogP contribution in [-0.2, 0) is 14.3 Å². The largest absolute Gasteiger partial charge is 0.426 e. The highest BCUT2D eigenvalue weighted by Crippen LogP contribution is 2.73. The Morgan fingerprint density at radius 3 is 2.44 bits per heavy atom. The van der Waals surface area contributed by atoms with Crippen LogP contribution in [0.5, 0.6) is 0 Å². The van der Waals surface area contributed by atoms with E-state index in [1.165, 1.54) is 19.3 Å². The van der Waals surface area contributed by atoms with Gasteiger partial charge >= 0.3 is 5.97 Å². The van der Waals surface area contributed by atoms with Crippen molar-refractivity contribution in [3.05, 3.63) is 23.3 Å². The van der Waals surface area contributed by atoms with Crippen molar-refractivity contribution in [1.29, 1.82) is 0 Å². The number of allylic oxidation sites excluding steroid dienone is 2. The molecule has 4 nitrogen and oxygen atoms in total. The molecule has 34 heavy (non-hydrogen) atoms. The maximum Gasteiger partial charge on any atom is 0.336 e. The average molecular weight is 469 g/mol. The Balaban J connectivity index is 1.44. The van der Waals surface area contributed by atoms with E-state index in [1.807, 2.05) is 0 Å². The molecule has 0 spiro atoms. The van der Waals surface area contributed by atoms with E-state index in [4.69, 9.17) is 4.74 Å². The van der Waals surface area contributed by atoms with Crippen molar-refractivity contribution in [2.75, 3.05) is 0 Å². The maximum atomic E-state index is 12.8. The predicted molar refractivity (Wildman–Crippen MR) is 133 cm³/mol. The SMILES string of the molecule is CC1=CC(O)(C[C@@H](C)[C@H]2CC[C@@]3(C)C4=CC[C@H]5C(C)(C)C(=O)CC[C@]5(C)[C@@H]4CC[C@]23C)OC1=O. The third-order valence-electron chi connectivity index (χ3n) is 12.0. The van der Waals surface area contributed by atoms with Crippen molar-refractivity contribution in [2.45, 2.75) is 106 Å². The zero-order chi connectivity index (χ0) is 24.9. The molecule has 8 atom stereocenters. The number of hydrogen-bond donors (Lipinski definition) is 1. The molecule has 1 heterocycles. The van der Waals surface area contributed by atoms with Crippen molar-refractivity contribution in [2.24, 2.45) is 45.3 Å². The number of cyclic esters (lactones) is 1. The number of aliphatic hydroxyl groups is 1. The van der Waals surface area contributed by atoms with Crippen LogP contribution in [0, 0.1) is 45.3 Å². The van der Waals surface area contributed by atoms with Gasteiger partial charge in [-0.2, -0.15) is 0 Å². The fourth-order valence-corrected chi connectivity index (χ4v) is 9.84. The molecule has 4 heteroatoms. The minimum Gasteiger partial charge on any atom is -0.426 e. The zero-order valence-corrected chi connectivity index (χ0v) is 22.3. The molecule has 0 saturated heterocycles. The van der Waals surface area contributed by atoms with Gasteiger partial charge in [-0.3, -0.25) is 4.79 Å². The molecule has 4 aliphatic carbocycles. The van der Waals surface area contributed by atoms with Crippen LogP contribution in [0.25, 0.3) is 0 Å². The van der Waals surface area contributed by atoms with Crippen LogP contribution in [0.4, 0.5) is 0 Å². The van der Waals surface area contributed by atoms with Crippen LogP contribution in [-0.4, -0.2) is 22.6 Å². The molecule has 0 aromatic carbocycles. The Morgan fingerprint density at radius 1 is 1.09 bits per heavy atom. The summed E-state index contributed by atoms with van der Waals surface area (Å²) in [5.41, 5.74) is 2.45. The molecule has 188 valence electrons. The van der Waals surface area contributed by atoms with Gasteiger partial charge in [-0.05, 0) is 91.4 Å². The van der Waals surface area contributed by atoms with Crippen LogP contribution in [0.1, 0.15) is 99.8 Å². The number of carbonyl (C=O) groups is 2. The van der Waals surface area contributed by atoms with Crippen LogP contribution >= 0.6 is 0 Å². The van der Waals surface area contributed by atoms with Crippen LogP contribution < -0.4 is 0 Å². The van der Waals surface area contributed by atoms with Crippen LogP contribution in [0.2, 0.25) is 0 Å². The third kappa shape index (κ3) is 3.06. The number of fused-ring (bicyclic) bond motifs is 5. The molecule has 1 N–H and O–H groups in total. The van der Waals surface area contributed by atoms with Gasteiger partial charge in [0.2, 0.25) is 5.79 Å². The van der Waals surface area contributed by atoms with Gasteiger partial charge in [-0.15, -0.1) is 0 Å². The topological polar surface area (TPSA) is 63.6 Å². The highest BCUT2D eigenvalue weighted by Gasteiger charge is 2.65. The first-order valence-corrected chi connectivity index (χ1v) is 13.6. The number of Topliss-reactive ketones (excluding diaryl/α,β-unsaturated/α-hetero) is 1. The molecule has 0 bridgehead atoms. The number of rotatable bonds is 3. The Morgan fingerprint density at radius 2 is 1.79 bits per heavy atom. The highest BCUT2D eigenvalue weighted by molar-refractivity contribution is 5.90. The molecule has 0 aromatic rings. The predicted octanol–water partition coefficient (Wildman–Crippen LogP) is 6.38. The summed E-state index contributed by atoms with van der Waals surface area (Å²) in [6, 6.07) is 0. The van der Waals surface area contributed by atoms with Gasteiger partial charge in [0.25, 0.3) is 0 Å². The lowest BCUT2D eigenvalue weighted by Crippen LogP contribution is -2.57. The normalized spacial score (nSPS) is 48.3. The van der Waals surface area contributed by atoms with Crippen molar-refractivity contribution < 1.29 is 19.4 Å². The maximum absolute atomic E-state index is 12.8. The smallest absolute Gasteiger partial charge is 0.336 e. The monoisotopic (exact) mass is 468 g/mol. The molecule has 0 amide bonds. The summed E-state index contributed by atoms with van der Waals surface area (Å²) in [5, 5.41) is 11.0. The van der Waals surface area contributed by atoms with Crippen molar-refractivity contribution in [3.8, 4) is 0 Å². The van der Waals surface area contributed by atoms with E-state index in [9.17, 15) is 14.7 Å². The van der Waals surface area contributed by atoms with E-state index in [1.54, 1.807) is 18.6 Å². The lowest BCUT2D eigenvalue weighted by Gasteiger charge is -2.63. The van der Waals surface area contributed by atoms with Crippen molar-refractivity contribution in [3.63, 3.8) is 0 Å². The second-order valence-corrected chi connectivity index (χ2v) is 13.8. The standard InChI is InChI=1S/C30H44O4/c1-18(16-30(33)17-19(2)25(32)34-30)20-10-14-29(7)22-8-9-23-26(3,4)24(31)12-13-27(23,5)21(22)11-15-28(20,29)6/h8,17-18,20-21,23,33H,9-16H2,1-7H3/t18-,20-,21-,23+,27-,28-,29+,30?/m1/s1. The van der Waals surface area contributed by atoms with Gasteiger partial charge in [0.1, 0.15) is 5.78 Å². The molecular weight excluding hydrogens is 424 g/mol. The summed E-state index contributed by atoms with van der Waals surface area (Å²) in [6.07, 6.45) is 12.1. The first-order valence-electron chi connectivity index (χ1n) is 13.6. The molecule has 1 aliphatic heterocycles. The number of ether oxygens (including phenoxy) is 1. The Bertz CT molecular complexity index is 990. The first-order chi connectivity index (χ1) is 15.7. The van der Waals surface area contributed by atoms with E-state index in [0.29, 0.717) is 35.5 Å². The Labute approximate surface area is 205 Å². The first kappa shape index (κ1) is 24.3. The minimum absolute atomic E-state index is 0.148. The molecular formula is C30H44O4. The molecule has 3 saturated carbocycles. The molecule has 3 fully saturated rings. The van der Waals surface area contributed by atoms with Gasteiger partial charge in [0.15, 0.2) is 0 Å². The van der Waals surface area contributed by atoms with Gasteiger partial charge in [0.05, 0.1) is 0 Å². The average Bonchev–Trinajstić information content (AvgIpc) is 3.16. The lowest BCUT2D eigenvalue weighted by atomic mass is 9.41. The second kappa shape index (κ2) is 7.31. The lowest BCUT2D eigenvalue weighted by molar-refractivity contribution is -0.186. The summed E-state index contributed by atoms with van der Waals surface area (Å²) in [7, 11) is 0. The summed E-state index contributed by atoms with van der Waals surface area (Å²) in [4.78, 5) is 24.7. The number of esters is 1. The quantitative estimate of drug-likeness (QED) is 0.386.